The highest BCUT2D eigenvalue weighted by Crippen LogP contribution is 2.31. The SMILES string of the molecule is O=S(=O)(c1cccc2ncccc12)N1CCC2CNCC2C1. The molecular formula is C16H19N3O2S. The van der Waals surface area contributed by atoms with Crippen LogP contribution in [0.4, 0.5) is 0 Å². The second kappa shape index (κ2) is 5.30. The predicted molar refractivity (Wildman–Crippen MR) is 85.0 cm³/mol. The van der Waals surface area contributed by atoms with Crippen LogP contribution >= 0.6 is 0 Å². The third-order valence-corrected chi connectivity index (χ3v) is 6.81. The lowest BCUT2D eigenvalue weighted by Crippen LogP contribution is -2.43. The number of rotatable bonds is 2. The van der Waals surface area contributed by atoms with E-state index in [1.54, 1.807) is 28.7 Å². The summed E-state index contributed by atoms with van der Waals surface area (Å²) in [7, 11) is -3.46. The quantitative estimate of drug-likeness (QED) is 0.911. The van der Waals surface area contributed by atoms with E-state index in [-0.39, 0.29) is 0 Å². The maximum Gasteiger partial charge on any atom is 0.243 e. The van der Waals surface area contributed by atoms with Crippen LogP contribution in [0.2, 0.25) is 0 Å². The van der Waals surface area contributed by atoms with Gasteiger partial charge >= 0.3 is 0 Å². The highest BCUT2D eigenvalue weighted by Gasteiger charge is 2.38. The molecule has 1 aromatic carbocycles. The molecule has 22 heavy (non-hydrogen) atoms. The summed E-state index contributed by atoms with van der Waals surface area (Å²) in [6, 6.07) is 8.93. The summed E-state index contributed by atoms with van der Waals surface area (Å²) in [6.07, 6.45) is 2.63. The monoisotopic (exact) mass is 317 g/mol. The molecule has 2 aromatic rings. The average molecular weight is 317 g/mol. The Kier molecular flexibility index (Phi) is 3.40. The number of sulfonamides is 1. The van der Waals surface area contributed by atoms with E-state index >= 15 is 0 Å². The first kappa shape index (κ1) is 14.1. The van der Waals surface area contributed by atoms with Crippen LogP contribution in [-0.2, 0) is 10.0 Å². The Labute approximate surface area is 130 Å². The summed E-state index contributed by atoms with van der Waals surface area (Å²) in [4.78, 5) is 4.64. The van der Waals surface area contributed by atoms with Gasteiger partial charge in [-0.15, -0.1) is 0 Å². The van der Waals surface area contributed by atoms with E-state index in [1.807, 2.05) is 12.1 Å². The third kappa shape index (κ3) is 2.22. The van der Waals surface area contributed by atoms with Crippen molar-refractivity contribution in [2.45, 2.75) is 11.3 Å². The predicted octanol–water partition coefficient (Wildman–Crippen LogP) is 1.46. The van der Waals surface area contributed by atoms with Crippen molar-refractivity contribution in [1.29, 1.82) is 0 Å². The number of pyridine rings is 1. The van der Waals surface area contributed by atoms with Crippen LogP contribution in [0.15, 0.2) is 41.4 Å². The number of nitrogens with one attached hydrogen (secondary N) is 1. The molecule has 2 atom stereocenters. The molecule has 2 unspecified atom stereocenters. The van der Waals surface area contributed by atoms with Gasteiger partial charge in [-0.2, -0.15) is 4.31 Å². The molecule has 2 fully saturated rings. The fourth-order valence-electron chi connectivity index (χ4n) is 3.66. The molecule has 4 rings (SSSR count). The minimum atomic E-state index is -3.46. The molecule has 1 aromatic heterocycles. The van der Waals surface area contributed by atoms with E-state index in [0.29, 0.717) is 35.2 Å². The summed E-state index contributed by atoms with van der Waals surface area (Å²) >= 11 is 0. The van der Waals surface area contributed by atoms with Crippen molar-refractivity contribution in [2.24, 2.45) is 11.8 Å². The standard InChI is InChI=1S/C16H19N3O2S/c20-22(21,19-8-6-12-9-17-10-13(12)11-19)16-5-1-4-15-14(16)3-2-7-18-15/h1-5,7,12-13,17H,6,8-11H2. The van der Waals surface area contributed by atoms with E-state index in [9.17, 15) is 8.42 Å². The molecule has 0 spiro atoms. The van der Waals surface area contributed by atoms with Gasteiger partial charge in [-0.25, -0.2) is 8.42 Å². The van der Waals surface area contributed by atoms with E-state index in [1.165, 1.54) is 0 Å². The average Bonchev–Trinajstić information content (AvgIpc) is 3.02. The maximum atomic E-state index is 13.1. The molecule has 0 saturated carbocycles. The van der Waals surface area contributed by atoms with Crippen LogP contribution in [-0.4, -0.2) is 43.9 Å². The number of hydrogen-bond acceptors (Lipinski definition) is 4. The van der Waals surface area contributed by atoms with Crippen LogP contribution in [0, 0.1) is 11.8 Å². The van der Waals surface area contributed by atoms with Gasteiger partial charge in [0.2, 0.25) is 10.0 Å². The highest BCUT2D eigenvalue weighted by atomic mass is 32.2. The summed E-state index contributed by atoms with van der Waals surface area (Å²) in [5.74, 6) is 1.07. The molecule has 0 bridgehead atoms. The zero-order valence-electron chi connectivity index (χ0n) is 12.3. The van der Waals surface area contributed by atoms with Gasteiger partial charge in [-0.3, -0.25) is 4.98 Å². The normalized spacial score (nSPS) is 26.2. The fourth-order valence-corrected chi connectivity index (χ4v) is 5.37. The van der Waals surface area contributed by atoms with Crippen LogP contribution in [0.3, 0.4) is 0 Å². The van der Waals surface area contributed by atoms with Crippen molar-refractivity contribution >= 4 is 20.9 Å². The first-order chi connectivity index (χ1) is 10.7. The summed E-state index contributed by atoms with van der Waals surface area (Å²) in [5, 5.41) is 4.08. The maximum absolute atomic E-state index is 13.1. The van der Waals surface area contributed by atoms with Crippen molar-refractivity contribution in [2.75, 3.05) is 26.2 Å². The van der Waals surface area contributed by atoms with Gasteiger partial charge in [-0.05, 0) is 55.6 Å². The number of hydrogen-bond donors (Lipinski definition) is 1. The second-order valence-electron chi connectivity index (χ2n) is 6.16. The number of benzene rings is 1. The Hall–Kier alpha value is -1.50. The van der Waals surface area contributed by atoms with Crippen molar-refractivity contribution < 1.29 is 8.42 Å². The van der Waals surface area contributed by atoms with Gasteiger partial charge in [-0.1, -0.05) is 6.07 Å². The third-order valence-electron chi connectivity index (χ3n) is 4.89. The van der Waals surface area contributed by atoms with Crippen molar-refractivity contribution in [3.63, 3.8) is 0 Å². The van der Waals surface area contributed by atoms with Crippen molar-refractivity contribution in [3.8, 4) is 0 Å². The second-order valence-corrected chi connectivity index (χ2v) is 8.06. The number of nitrogens with zero attached hydrogens (tertiary/aromatic N) is 2. The van der Waals surface area contributed by atoms with Crippen LogP contribution in [0.1, 0.15) is 6.42 Å². The molecule has 5 nitrogen and oxygen atoms in total. The van der Waals surface area contributed by atoms with Crippen molar-refractivity contribution in [3.05, 3.63) is 36.5 Å². The minimum absolute atomic E-state index is 0.377. The molecule has 2 aliphatic rings. The lowest BCUT2D eigenvalue weighted by Gasteiger charge is -2.33. The van der Waals surface area contributed by atoms with E-state index < -0.39 is 10.0 Å². The molecule has 1 N–H and O–H groups in total. The van der Waals surface area contributed by atoms with Gasteiger partial charge in [0.1, 0.15) is 0 Å². The Balaban J connectivity index is 1.73. The smallest absolute Gasteiger partial charge is 0.243 e. The molecule has 0 aliphatic carbocycles. The first-order valence-electron chi connectivity index (χ1n) is 7.71. The highest BCUT2D eigenvalue weighted by molar-refractivity contribution is 7.89. The van der Waals surface area contributed by atoms with Gasteiger partial charge in [0.05, 0.1) is 10.4 Å². The Morgan fingerprint density at radius 3 is 2.91 bits per heavy atom. The van der Waals surface area contributed by atoms with Crippen LogP contribution in [0.5, 0.6) is 0 Å². The lowest BCUT2D eigenvalue weighted by atomic mass is 9.90. The number of fused-ring (bicyclic) bond motifs is 2. The van der Waals surface area contributed by atoms with Gasteiger partial charge in [0, 0.05) is 24.7 Å². The molecular weight excluding hydrogens is 298 g/mol. The molecule has 0 radical (unpaired) electrons. The van der Waals surface area contributed by atoms with E-state index in [0.717, 1.165) is 25.0 Å². The fraction of sp³-hybridized carbons (Fsp3) is 0.438. The minimum Gasteiger partial charge on any atom is -0.316 e. The summed E-state index contributed by atoms with van der Waals surface area (Å²) in [6.45, 7) is 3.18. The Morgan fingerprint density at radius 1 is 1.14 bits per heavy atom. The van der Waals surface area contributed by atoms with E-state index in [2.05, 4.69) is 10.3 Å². The molecule has 2 saturated heterocycles. The zero-order valence-corrected chi connectivity index (χ0v) is 13.1. The van der Waals surface area contributed by atoms with Gasteiger partial charge in [0.25, 0.3) is 0 Å². The molecule has 116 valence electrons. The van der Waals surface area contributed by atoms with Gasteiger partial charge in [0.15, 0.2) is 0 Å². The van der Waals surface area contributed by atoms with Gasteiger partial charge < -0.3 is 5.32 Å². The molecule has 6 heteroatoms. The lowest BCUT2D eigenvalue weighted by molar-refractivity contribution is 0.228. The molecule has 0 amide bonds. The molecule has 2 aliphatic heterocycles. The van der Waals surface area contributed by atoms with E-state index in [4.69, 9.17) is 0 Å². The summed E-state index contributed by atoms with van der Waals surface area (Å²) < 4.78 is 27.8. The molecule has 3 heterocycles. The Bertz CT molecular complexity index is 801. The number of aromatic nitrogens is 1. The topological polar surface area (TPSA) is 62.3 Å². The zero-order chi connectivity index (χ0) is 15.2. The Morgan fingerprint density at radius 2 is 2.00 bits per heavy atom. The van der Waals surface area contributed by atoms with Crippen molar-refractivity contribution in [1.82, 2.24) is 14.6 Å². The number of piperidine rings is 1. The largest absolute Gasteiger partial charge is 0.316 e. The van der Waals surface area contributed by atoms with Crippen LogP contribution < -0.4 is 5.32 Å². The first-order valence-corrected chi connectivity index (χ1v) is 9.15. The summed E-state index contributed by atoms with van der Waals surface area (Å²) in [5.41, 5.74) is 0.723. The van der Waals surface area contributed by atoms with Crippen LogP contribution in [0.25, 0.3) is 10.9 Å².